The van der Waals surface area contributed by atoms with Gasteiger partial charge in [0.05, 0.1) is 24.4 Å². The first-order chi connectivity index (χ1) is 13.0. The molecule has 3 heterocycles. The van der Waals surface area contributed by atoms with Crippen molar-refractivity contribution < 1.29 is 4.74 Å². The van der Waals surface area contributed by atoms with Gasteiger partial charge in [0.1, 0.15) is 5.75 Å². The van der Waals surface area contributed by atoms with Crippen LogP contribution in [0.25, 0.3) is 11.0 Å². The van der Waals surface area contributed by atoms with E-state index in [9.17, 15) is 0 Å². The lowest BCUT2D eigenvalue weighted by atomic mass is 9.99. The summed E-state index contributed by atoms with van der Waals surface area (Å²) in [5, 5.41) is 8.73. The molecular formula is C20H26N6O. The molecular weight excluding hydrogens is 340 g/mol. The summed E-state index contributed by atoms with van der Waals surface area (Å²) in [6.45, 7) is 7.18. The number of nitrogens with zero attached hydrogens (tertiary/aromatic N) is 5. The van der Waals surface area contributed by atoms with Gasteiger partial charge in [0.25, 0.3) is 0 Å². The number of hydrogen-bond acceptors (Lipinski definition) is 6. The van der Waals surface area contributed by atoms with Crippen LogP contribution in [0.1, 0.15) is 25.0 Å². The van der Waals surface area contributed by atoms with E-state index in [2.05, 4.69) is 53.3 Å². The molecule has 1 aromatic carbocycles. The zero-order valence-corrected chi connectivity index (χ0v) is 16.4. The van der Waals surface area contributed by atoms with Gasteiger partial charge in [-0.2, -0.15) is 10.1 Å². The largest absolute Gasteiger partial charge is 0.495 e. The Balaban J connectivity index is 1.68. The van der Waals surface area contributed by atoms with Crippen LogP contribution in [0.3, 0.4) is 0 Å². The maximum Gasteiger partial charge on any atom is 0.229 e. The van der Waals surface area contributed by atoms with Crippen LogP contribution < -0.4 is 10.1 Å². The van der Waals surface area contributed by atoms with Gasteiger partial charge in [0.2, 0.25) is 5.95 Å². The molecule has 0 fully saturated rings. The number of benzene rings is 1. The number of hydrogen-bond donors (Lipinski definition) is 1. The number of rotatable bonds is 5. The first-order valence-corrected chi connectivity index (χ1v) is 9.37. The maximum absolute atomic E-state index is 5.61. The molecule has 0 spiro atoms. The van der Waals surface area contributed by atoms with E-state index in [0.29, 0.717) is 11.9 Å². The Hall–Kier alpha value is -2.67. The van der Waals surface area contributed by atoms with Crippen molar-refractivity contribution in [3.05, 3.63) is 35.7 Å². The van der Waals surface area contributed by atoms with E-state index >= 15 is 0 Å². The molecule has 3 aromatic rings. The fourth-order valence-corrected chi connectivity index (χ4v) is 3.52. The van der Waals surface area contributed by atoms with Crippen molar-refractivity contribution in [2.45, 2.75) is 33.4 Å². The number of fused-ring (bicyclic) bond motifs is 2. The fourth-order valence-electron chi connectivity index (χ4n) is 3.52. The Kier molecular flexibility index (Phi) is 4.70. The maximum atomic E-state index is 5.61. The molecule has 27 heavy (non-hydrogen) atoms. The summed E-state index contributed by atoms with van der Waals surface area (Å²) >= 11 is 0. The van der Waals surface area contributed by atoms with E-state index in [0.717, 1.165) is 48.5 Å². The molecule has 142 valence electrons. The molecule has 1 aliphatic rings. The number of likely N-dealkylation sites (N-methyl/N-ethyl adjacent to an activating group) is 1. The lowest BCUT2D eigenvalue weighted by Crippen LogP contribution is -2.26. The highest BCUT2D eigenvalue weighted by Gasteiger charge is 2.17. The Bertz CT molecular complexity index is 965. The predicted molar refractivity (Wildman–Crippen MR) is 106 cm³/mol. The first kappa shape index (κ1) is 17.7. The Morgan fingerprint density at radius 2 is 2.07 bits per heavy atom. The molecule has 0 saturated heterocycles. The highest BCUT2D eigenvalue weighted by Crippen LogP contribution is 2.33. The monoisotopic (exact) mass is 366 g/mol. The summed E-state index contributed by atoms with van der Waals surface area (Å²) in [4.78, 5) is 11.5. The van der Waals surface area contributed by atoms with Crippen molar-refractivity contribution in [2.75, 3.05) is 26.0 Å². The molecule has 1 aliphatic heterocycles. The first-order valence-electron chi connectivity index (χ1n) is 9.37. The number of methoxy groups -OCH3 is 1. The van der Waals surface area contributed by atoms with E-state index < -0.39 is 0 Å². The van der Waals surface area contributed by atoms with Crippen LogP contribution in [0.4, 0.5) is 11.6 Å². The van der Waals surface area contributed by atoms with Gasteiger partial charge in [0.15, 0.2) is 5.65 Å². The van der Waals surface area contributed by atoms with Crippen LogP contribution in [0.15, 0.2) is 24.5 Å². The summed E-state index contributed by atoms with van der Waals surface area (Å²) in [5.41, 5.74) is 4.40. The normalized spacial score (nSPS) is 14.6. The molecule has 0 saturated carbocycles. The van der Waals surface area contributed by atoms with Crippen molar-refractivity contribution in [1.29, 1.82) is 0 Å². The minimum atomic E-state index is 0.497. The van der Waals surface area contributed by atoms with Crippen LogP contribution in [0, 0.1) is 5.92 Å². The predicted octanol–water partition coefficient (Wildman–Crippen LogP) is 3.22. The van der Waals surface area contributed by atoms with Crippen molar-refractivity contribution in [2.24, 2.45) is 5.92 Å². The van der Waals surface area contributed by atoms with Crippen LogP contribution in [0.2, 0.25) is 0 Å². The van der Waals surface area contributed by atoms with Gasteiger partial charge in [-0.1, -0.05) is 13.8 Å². The van der Waals surface area contributed by atoms with Crippen LogP contribution in [-0.4, -0.2) is 45.4 Å². The standard InChI is InChI=1S/C20H26N6O/c1-13(2)11-26-19-16(10-22-26)9-21-20(24-19)23-17-7-15-12-25(3)6-5-14(15)8-18(17)27-4/h7-10,13H,5-6,11-12H2,1-4H3,(H,21,23,24). The molecule has 0 unspecified atom stereocenters. The zero-order valence-electron chi connectivity index (χ0n) is 16.4. The zero-order chi connectivity index (χ0) is 19.0. The van der Waals surface area contributed by atoms with Gasteiger partial charge in [-0.3, -0.25) is 0 Å². The number of aromatic nitrogens is 4. The lowest BCUT2D eigenvalue weighted by molar-refractivity contribution is 0.312. The second-order valence-corrected chi connectivity index (χ2v) is 7.63. The quantitative estimate of drug-likeness (QED) is 0.748. The third-order valence-corrected chi connectivity index (χ3v) is 4.89. The number of anilines is 2. The number of ether oxygens (including phenoxy) is 1. The molecule has 7 nitrogen and oxygen atoms in total. The third-order valence-electron chi connectivity index (χ3n) is 4.89. The fraction of sp³-hybridized carbons (Fsp3) is 0.450. The summed E-state index contributed by atoms with van der Waals surface area (Å²) in [6.07, 6.45) is 4.67. The van der Waals surface area contributed by atoms with E-state index in [1.807, 2.05) is 17.1 Å². The van der Waals surface area contributed by atoms with Gasteiger partial charge in [-0.05, 0) is 42.6 Å². The molecule has 4 rings (SSSR count). The van der Waals surface area contributed by atoms with Crippen molar-refractivity contribution >= 4 is 22.7 Å². The molecule has 0 atom stereocenters. The van der Waals surface area contributed by atoms with Gasteiger partial charge in [-0.25, -0.2) is 9.67 Å². The second kappa shape index (κ2) is 7.15. The molecule has 0 radical (unpaired) electrons. The molecule has 2 aromatic heterocycles. The van der Waals surface area contributed by atoms with E-state index in [1.165, 1.54) is 11.1 Å². The van der Waals surface area contributed by atoms with Crippen LogP contribution in [-0.2, 0) is 19.5 Å². The lowest BCUT2D eigenvalue weighted by Gasteiger charge is -2.26. The Morgan fingerprint density at radius 1 is 1.22 bits per heavy atom. The third kappa shape index (κ3) is 3.60. The molecule has 0 bridgehead atoms. The molecule has 0 aliphatic carbocycles. The summed E-state index contributed by atoms with van der Waals surface area (Å²) in [7, 11) is 3.84. The minimum absolute atomic E-state index is 0.497. The van der Waals surface area contributed by atoms with Crippen molar-refractivity contribution in [3.8, 4) is 5.75 Å². The van der Waals surface area contributed by atoms with Gasteiger partial charge < -0.3 is 15.0 Å². The molecule has 7 heteroatoms. The topological polar surface area (TPSA) is 68.1 Å². The van der Waals surface area contributed by atoms with Gasteiger partial charge in [0, 0.05) is 25.8 Å². The van der Waals surface area contributed by atoms with Gasteiger partial charge >= 0.3 is 0 Å². The summed E-state index contributed by atoms with van der Waals surface area (Å²) in [6, 6.07) is 4.29. The average Bonchev–Trinajstić information content (AvgIpc) is 3.02. The molecule has 1 N–H and O–H groups in total. The Labute approximate surface area is 159 Å². The smallest absolute Gasteiger partial charge is 0.229 e. The van der Waals surface area contributed by atoms with E-state index in [4.69, 9.17) is 9.72 Å². The second-order valence-electron chi connectivity index (χ2n) is 7.63. The minimum Gasteiger partial charge on any atom is -0.495 e. The van der Waals surface area contributed by atoms with Crippen molar-refractivity contribution in [3.63, 3.8) is 0 Å². The van der Waals surface area contributed by atoms with Crippen LogP contribution in [0.5, 0.6) is 5.75 Å². The SMILES string of the molecule is COc1cc2c(cc1Nc1ncc3cnn(CC(C)C)c3n1)CN(C)CC2. The van der Waals surface area contributed by atoms with E-state index in [-0.39, 0.29) is 0 Å². The van der Waals surface area contributed by atoms with Crippen LogP contribution >= 0.6 is 0 Å². The highest BCUT2D eigenvalue weighted by molar-refractivity contribution is 5.76. The number of nitrogens with one attached hydrogen (secondary N) is 1. The van der Waals surface area contributed by atoms with Gasteiger partial charge in [-0.15, -0.1) is 0 Å². The Morgan fingerprint density at radius 3 is 2.85 bits per heavy atom. The van der Waals surface area contributed by atoms with E-state index in [1.54, 1.807) is 7.11 Å². The molecule has 0 amide bonds. The summed E-state index contributed by atoms with van der Waals surface area (Å²) < 4.78 is 7.55. The van der Waals surface area contributed by atoms with Crippen molar-refractivity contribution in [1.82, 2.24) is 24.6 Å². The highest BCUT2D eigenvalue weighted by atomic mass is 16.5. The summed E-state index contributed by atoms with van der Waals surface area (Å²) in [5.74, 6) is 1.87. The average molecular weight is 366 g/mol.